The van der Waals surface area contributed by atoms with Crippen molar-refractivity contribution in [2.24, 2.45) is 0 Å². The van der Waals surface area contributed by atoms with Crippen LogP contribution in [0.3, 0.4) is 0 Å². The maximum absolute atomic E-state index is 11.9. The molecule has 21 heavy (non-hydrogen) atoms. The molecule has 2 aromatic rings. The van der Waals surface area contributed by atoms with E-state index in [1.54, 1.807) is 25.1 Å². The highest BCUT2D eigenvalue weighted by molar-refractivity contribution is 6.17. The van der Waals surface area contributed by atoms with E-state index in [0.29, 0.717) is 22.4 Å². The fourth-order valence-corrected chi connectivity index (χ4v) is 2.31. The van der Waals surface area contributed by atoms with Crippen LogP contribution in [0.2, 0.25) is 0 Å². The zero-order valence-electron chi connectivity index (χ0n) is 11.5. The predicted octanol–water partition coefficient (Wildman–Crippen LogP) is 2.68. The number of nitrogens with zero attached hydrogens (tertiary/aromatic N) is 1. The Morgan fingerprint density at radius 2 is 2.14 bits per heavy atom. The number of nitriles is 1. The van der Waals surface area contributed by atoms with E-state index in [0.717, 1.165) is 0 Å². The summed E-state index contributed by atoms with van der Waals surface area (Å²) in [5.41, 5.74) is 1.72. The fourth-order valence-electron chi connectivity index (χ4n) is 2.11. The van der Waals surface area contributed by atoms with Crippen LogP contribution < -0.4 is 10.3 Å². The molecule has 5 nitrogen and oxygen atoms in total. The molecule has 1 aromatic carbocycles. The number of benzene rings is 1. The van der Waals surface area contributed by atoms with Crippen LogP contribution in [0.25, 0.3) is 11.1 Å². The van der Waals surface area contributed by atoms with Crippen molar-refractivity contribution >= 4 is 11.6 Å². The van der Waals surface area contributed by atoms with Crippen molar-refractivity contribution in [2.75, 3.05) is 7.11 Å². The van der Waals surface area contributed by atoms with Crippen LogP contribution in [0.5, 0.6) is 11.5 Å². The molecule has 0 aliphatic carbocycles. The van der Waals surface area contributed by atoms with Crippen molar-refractivity contribution in [3.05, 3.63) is 45.4 Å². The summed E-state index contributed by atoms with van der Waals surface area (Å²) in [5, 5.41) is 19.1. The van der Waals surface area contributed by atoms with Crippen molar-refractivity contribution in [3.63, 3.8) is 0 Å². The number of methoxy groups -OCH3 is 1. The van der Waals surface area contributed by atoms with Gasteiger partial charge in [0.05, 0.1) is 13.0 Å². The summed E-state index contributed by atoms with van der Waals surface area (Å²) in [6, 6.07) is 6.81. The summed E-state index contributed by atoms with van der Waals surface area (Å²) < 4.78 is 5.11. The van der Waals surface area contributed by atoms with Crippen LogP contribution in [-0.2, 0) is 5.88 Å². The number of aromatic hydroxyl groups is 1. The second kappa shape index (κ2) is 5.90. The Kier molecular flexibility index (Phi) is 4.20. The Morgan fingerprint density at radius 1 is 1.43 bits per heavy atom. The van der Waals surface area contributed by atoms with Gasteiger partial charge in [-0.15, -0.1) is 11.6 Å². The summed E-state index contributed by atoms with van der Waals surface area (Å²) in [5.74, 6) is 0.279. The Morgan fingerprint density at radius 3 is 2.71 bits per heavy atom. The van der Waals surface area contributed by atoms with Gasteiger partial charge in [-0.25, -0.2) is 0 Å². The first kappa shape index (κ1) is 14.9. The fraction of sp³-hybridized carbons (Fsp3) is 0.200. The van der Waals surface area contributed by atoms with Gasteiger partial charge in [-0.3, -0.25) is 4.79 Å². The number of aromatic nitrogens is 1. The quantitative estimate of drug-likeness (QED) is 0.854. The standard InChI is InChI=1S/C15H13ClN2O3/c1-8-3-11(12(7-17)15(20)18-8)9-4-10(6-16)14(19)13(5-9)21-2/h3-5,19H,6H2,1-2H3,(H,18,20). The Hall–Kier alpha value is -2.45. The van der Waals surface area contributed by atoms with E-state index in [9.17, 15) is 15.2 Å². The van der Waals surface area contributed by atoms with Crippen molar-refractivity contribution in [3.8, 4) is 28.7 Å². The number of nitrogens with one attached hydrogen (secondary N) is 1. The second-order valence-electron chi connectivity index (χ2n) is 4.50. The highest BCUT2D eigenvalue weighted by Crippen LogP contribution is 2.36. The number of phenols is 1. The van der Waals surface area contributed by atoms with Gasteiger partial charge in [0, 0.05) is 16.8 Å². The first-order valence-corrected chi connectivity index (χ1v) is 6.65. The topological polar surface area (TPSA) is 86.1 Å². The van der Waals surface area contributed by atoms with E-state index in [2.05, 4.69) is 4.98 Å². The van der Waals surface area contributed by atoms with Gasteiger partial charge in [0.25, 0.3) is 5.56 Å². The number of rotatable bonds is 3. The molecular weight excluding hydrogens is 292 g/mol. The van der Waals surface area contributed by atoms with Gasteiger partial charge in [-0.1, -0.05) is 0 Å². The van der Waals surface area contributed by atoms with Gasteiger partial charge in [-0.2, -0.15) is 5.26 Å². The number of phenolic OH excluding ortho intramolecular Hbond substituents is 1. The Labute approximate surface area is 126 Å². The van der Waals surface area contributed by atoms with Gasteiger partial charge < -0.3 is 14.8 Å². The van der Waals surface area contributed by atoms with Crippen LogP contribution in [0, 0.1) is 18.3 Å². The molecular formula is C15H13ClN2O3. The lowest BCUT2D eigenvalue weighted by molar-refractivity contribution is 0.371. The first-order chi connectivity index (χ1) is 10.0. The molecule has 0 unspecified atom stereocenters. The number of hydrogen-bond acceptors (Lipinski definition) is 4. The molecule has 0 spiro atoms. The summed E-state index contributed by atoms with van der Waals surface area (Å²) in [7, 11) is 1.42. The third kappa shape index (κ3) is 2.71. The van der Waals surface area contributed by atoms with Crippen molar-refractivity contribution in [2.45, 2.75) is 12.8 Å². The summed E-state index contributed by atoms with van der Waals surface area (Å²) in [4.78, 5) is 14.4. The number of halogens is 1. The first-order valence-electron chi connectivity index (χ1n) is 6.12. The maximum atomic E-state index is 11.9. The molecule has 0 aliphatic rings. The molecule has 108 valence electrons. The molecule has 0 saturated heterocycles. The minimum Gasteiger partial charge on any atom is -0.504 e. The Bertz CT molecular complexity index is 765. The highest BCUT2D eigenvalue weighted by atomic mass is 35.5. The van der Waals surface area contributed by atoms with Crippen molar-refractivity contribution < 1.29 is 9.84 Å². The molecule has 6 heteroatoms. The number of aromatic amines is 1. The molecule has 0 atom stereocenters. The normalized spacial score (nSPS) is 10.2. The Balaban J connectivity index is 2.79. The van der Waals surface area contributed by atoms with Crippen LogP contribution in [0.1, 0.15) is 16.8 Å². The zero-order chi connectivity index (χ0) is 15.6. The number of alkyl halides is 1. The number of hydrogen-bond donors (Lipinski definition) is 2. The van der Waals surface area contributed by atoms with Crippen LogP contribution in [0.4, 0.5) is 0 Å². The van der Waals surface area contributed by atoms with E-state index < -0.39 is 5.56 Å². The van der Waals surface area contributed by atoms with Gasteiger partial charge in [0.2, 0.25) is 0 Å². The van der Waals surface area contributed by atoms with Crippen LogP contribution in [0.15, 0.2) is 23.0 Å². The predicted molar refractivity (Wildman–Crippen MR) is 79.7 cm³/mol. The molecule has 0 bridgehead atoms. The molecule has 0 saturated carbocycles. The van der Waals surface area contributed by atoms with Gasteiger partial charge >= 0.3 is 0 Å². The van der Waals surface area contributed by atoms with Crippen LogP contribution in [-0.4, -0.2) is 17.2 Å². The molecule has 0 radical (unpaired) electrons. The number of aryl methyl sites for hydroxylation is 1. The second-order valence-corrected chi connectivity index (χ2v) is 4.77. The minimum absolute atomic E-state index is 0.00821. The lowest BCUT2D eigenvalue weighted by Crippen LogP contribution is -2.12. The average Bonchev–Trinajstić information content (AvgIpc) is 2.46. The average molecular weight is 305 g/mol. The molecule has 0 aliphatic heterocycles. The molecule has 0 fully saturated rings. The van der Waals surface area contributed by atoms with Gasteiger partial charge in [-0.05, 0) is 30.7 Å². The van der Waals surface area contributed by atoms with Gasteiger partial charge in [0.1, 0.15) is 11.6 Å². The molecule has 0 amide bonds. The molecule has 1 aromatic heterocycles. The van der Waals surface area contributed by atoms with E-state index in [1.165, 1.54) is 7.11 Å². The van der Waals surface area contributed by atoms with Crippen LogP contribution >= 0.6 is 11.6 Å². The van der Waals surface area contributed by atoms with E-state index in [1.807, 2.05) is 6.07 Å². The summed E-state index contributed by atoms with van der Waals surface area (Å²) in [6.07, 6.45) is 0. The third-order valence-electron chi connectivity index (χ3n) is 3.11. The molecule has 2 rings (SSSR count). The smallest absolute Gasteiger partial charge is 0.266 e. The maximum Gasteiger partial charge on any atom is 0.266 e. The number of ether oxygens (including phenoxy) is 1. The lowest BCUT2D eigenvalue weighted by atomic mass is 9.98. The monoisotopic (exact) mass is 304 g/mol. The van der Waals surface area contributed by atoms with E-state index in [-0.39, 0.29) is 22.9 Å². The highest BCUT2D eigenvalue weighted by Gasteiger charge is 2.15. The third-order valence-corrected chi connectivity index (χ3v) is 3.40. The van der Waals surface area contributed by atoms with Gasteiger partial charge in [0.15, 0.2) is 11.5 Å². The number of pyridine rings is 1. The summed E-state index contributed by atoms with van der Waals surface area (Å²) in [6.45, 7) is 1.73. The summed E-state index contributed by atoms with van der Waals surface area (Å²) >= 11 is 5.81. The van der Waals surface area contributed by atoms with Crippen molar-refractivity contribution in [1.29, 1.82) is 5.26 Å². The lowest BCUT2D eigenvalue weighted by Gasteiger charge is -2.12. The number of H-pyrrole nitrogens is 1. The SMILES string of the molecule is COc1cc(-c2cc(C)[nH]c(=O)c2C#N)cc(CCl)c1O. The largest absolute Gasteiger partial charge is 0.504 e. The van der Waals surface area contributed by atoms with Crippen molar-refractivity contribution in [1.82, 2.24) is 4.98 Å². The van der Waals surface area contributed by atoms with E-state index >= 15 is 0 Å². The molecule has 2 N–H and O–H groups in total. The minimum atomic E-state index is -0.452. The molecule has 1 heterocycles. The zero-order valence-corrected chi connectivity index (χ0v) is 12.3. The van der Waals surface area contributed by atoms with E-state index in [4.69, 9.17) is 16.3 Å².